The number of aryl methyl sites for hydroxylation is 3. The molecule has 0 aliphatic heterocycles. The highest BCUT2D eigenvalue weighted by Gasteiger charge is 2.12. The Morgan fingerprint density at radius 3 is 1.94 bits per heavy atom. The van der Waals surface area contributed by atoms with Crippen molar-refractivity contribution in [3.63, 3.8) is 0 Å². The van der Waals surface area contributed by atoms with Gasteiger partial charge in [-0.2, -0.15) is 0 Å². The van der Waals surface area contributed by atoms with Gasteiger partial charge in [0, 0.05) is 4.47 Å². The van der Waals surface area contributed by atoms with E-state index in [4.69, 9.17) is 11.6 Å². The van der Waals surface area contributed by atoms with Gasteiger partial charge in [-0.25, -0.2) is 0 Å². The summed E-state index contributed by atoms with van der Waals surface area (Å²) in [5, 5.41) is -0.0869. The van der Waals surface area contributed by atoms with E-state index in [2.05, 4.69) is 73.1 Å². The van der Waals surface area contributed by atoms with Crippen molar-refractivity contribution in [3.05, 3.63) is 68.7 Å². The first kappa shape index (κ1) is 13.6. The molecule has 2 rings (SSSR count). The molecule has 0 fully saturated rings. The molecular weight excluding hydrogens is 308 g/mol. The Bertz CT molecular complexity index is 524. The van der Waals surface area contributed by atoms with E-state index in [9.17, 15) is 0 Å². The van der Waals surface area contributed by atoms with Crippen LogP contribution in [0, 0.1) is 20.8 Å². The van der Waals surface area contributed by atoms with E-state index in [0.29, 0.717) is 0 Å². The number of benzene rings is 2. The van der Waals surface area contributed by atoms with E-state index in [1.165, 1.54) is 16.7 Å². The molecule has 18 heavy (non-hydrogen) atoms. The fraction of sp³-hybridized carbons (Fsp3) is 0.250. The Morgan fingerprint density at radius 2 is 1.39 bits per heavy atom. The maximum absolute atomic E-state index is 6.56. The van der Waals surface area contributed by atoms with Crippen LogP contribution in [-0.2, 0) is 0 Å². The SMILES string of the molecule is Cc1ccc(C(Cl)c2ccc(Br)c(C)c2)cc1C. The van der Waals surface area contributed by atoms with Crippen LogP contribution in [0.3, 0.4) is 0 Å². The Labute approximate surface area is 122 Å². The van der Waals surface area contributed by atoms with Crippen LogP contribution in [0.15, 0.2) is 40.9 Å². The number of hydrogen-bond acceptors (Lipinski definition) is 0. The zero-order valence-electron chi connectivity index (χ0n) is 10.8. The number of hydrogen-bond donors (Lipinski definition) is 0. The molecule has 0 bridgehead atoms. The fourth-order valence-corrected chi connectivity index (χ4v) is 2.46. The normalized spacial score (nSPS) is 12.5. The summed E-state index contributed by atoms with van der Waals surface area (Å²) >= 11 is 10.1. The van der Waals surface area contributed by atoms with Gasteiger partial charge in [0.05, 0.1) is 5.38 Å². The van der Waals surface area contributed by atoms with Crippen LogP contribution in [0.2, 0.25) is 0 Å². The summed E-state index contributed by atoms with van der Waals surface area (Å²) in [7, 11) is 0. The minimum atomic E-state index is -0.0869. The monoisotopic (exact) mass is 322 g/mol. The minimum Gasteiger partial charge on any atom is -0.113 e. The van der Waals surface area contributed by atoms with Crippen LogP contribution in [-0.4, -0.2) is 0 Å². The average Bonchev–Trinajstić information content (AvgIpc) is 2.35. The summed E-state index contributed by atoms with van der Waals surface area (Å²) in [6.07, 6.45) is 0. The standard InChI is InChI=1S/C16H16BrCl/c1-10-4-5-13(8-11(10)2)16(18)14-6-7-15(17)12(3)9-14/h4-9,16H,1-3H3. The molecule has 0 spiro atoms. The highest BCUT2D eigenvalue weighted by molar-refractivity contribution is 9.10. The summed E-state index contributed by atoms with van der Waals surface area (Å²) in [5.41, 5.74) is 6.09. The van der Waals surface area contributed by atoms with Crippen LogP contribution < -0.4 is 0 Å². The van der Waals surface area contributed by atoms with Gasteiger partial charge in [-0.05, 0) is 54.7 Å². The predicted molar refractivity (Wildman–Crippen MR) is 82.5 cm³/mol. The van der Waals surface area contributed by atoms with Gasteiger partial charge in [0.2, 0.25) is 0 Å². The van der Waals surface area contributed by atoms with Crippen molar-refractivity contribution in [2.45, 2.75) is 26.1 Å². The Hall–Kier alpha value is -0.790. The van der Waals surface area contributed by atoms with Crippen molar-refractivity contribution in [1.82, 2.24) is 0 Å². The second kappa shape index (κ2) is 5.46. The first-order valence-corrected chi connectivity index (χ1v) is 7.19. The van der Waals surface area contributed by atoms with E-state index in [1.807, 2.05) is 0 Å². The molecule has 2 heteroatoms. The third kappa shape index (κ3) is 2.78. The Kier molecular flexibility index (Phi) is 4.14. The van der Waals surface area contributed by atoms with Gasteiger partial charge < -0.3 is 0 Å². The lowest BCUT2D eigenvalue weighted by atomic mass is 9.99. The molecule has 0 saturated heterocycles. The average molecular weight is 324 g/mol. The molecule has 0 amide bonds. The van der Waals surface area contributed by atoms with Gasteiger partial charge in [-0.1, -0.05) is 46.3 Å². The summed E-state index contributed by atoms with van der Waals surface area (Å²) in [6, 6.07) is 12.7. The molecule has 0 N–H and O–H groups in total. The molecule has 0 saturated carbocycles. The van der Waals surface area contributed by atoms with E-state index in [1.54, 1.807) is 0 Å². The van der Waals surface area contributed by atoms with Crippen molar-refractivity contribution in [2.75, 3.05) is 0 Å². The lowest BCUT2D eigenvalue weighted by molar-refractivity contribution is 1.11. The first-order valence-electron chi connectivity index (χ1n) is 5.96. The maximum Gasteiger partial charge on any atom is 0.0835 e. The molecule has 0 radical (unpaired) electrons. The van der Waals surface area contributed by atoms with Crippen LogP contribution in [0.5, 0.6) is 0 Å². The van der Waals surface area contributed by atoms with Crippen LogP contribution in [0.4, 0.5) is 0 Å². The highest BCUT2D eigenvalue weighted by atomic mass is 79.9. The van der Waals surface area contributed by atoms with Crippen molar-refractivity contribution in [1.29, 1.82) is 0 Å². The lowest BCUT2D eigenvalue weighted by Crippen LogP contribution is -1.95. The molecule has 0 aliphatic rings. The van der Waals surface area contributed by atoms with Crippen LogP contribution in [0.1, 0.15) is 33.2 Å². The van der Waals surface area contributed by atoms with E-state index < -0.39 is 0 Å². The zero-order chi connectivity index (χ0) is 13.3. The largest absolute Gasteiger partial charge is 0.113 e. The summed E-state index contributed by atoms with van der Waals surface area (Å²) in [6.45, 7) is 6.32. The smallest absolute Gasteiger partial charge is 0.0835 e. The summed E-state index contributed by atoms with van der Waals surface area (Å²) in [4.78, 5) is 0. The molecule has 1 atom stereocenters. The lowest BCUT2D eigenvalue weighted by Gasteiger charge is -2.13. The Morgan fingerprint density at radius 1 is 0.833 bits per heavy atom. The molecule has 2 aromatic rings. The van der Waals surface area contributed by atoms with Gasteiger partial charge in [0.25, 0.3) is 0 Å². The number of halogens is 2. The zero-order valence-corrected chi connectivity index (χ0v) is 13.1. The second-order valence-electron chi connectivity index (χ2n) is 4.71. The number of rotatable bonds is 2. The molecule has 0 aliphatic carbocycles. The van der Waals surface area contributed by atoms with Crippen molar-refractivity contribution < 1.29 is 0 Å². The number of alkyl halides is 1. The Balaban J connectivity index is 2.37. The predicted octanol–water partition coefficient (Wildman–Crippen LogP) is 5.70. The van der Waals surface area contributed by atoms with Crippen molar-refractivity contribution >= 4 is 27.5 Å². The second-order valence-corrected chi connectivity index (χ2v) is 6.01. The van der Waals surface area contributed by atoms with Crippen LogP contribution in [0.25, 0.3) is 0 Å². The third-order valence-corrected chi connectivity index (χ3v) is 4.69. The van der Waals surface area contributed by atoms with E-state index in [0.717, 1.165) is 15.6 Å². The molecule has 2 aromatic carbocycles. The summed E-state index contributed by atoms with van der Waals surface area (Å²) < 4.78 is 1.12. The maximum atomic E-state index is 6.56. The molecule has 0 aromatic heterocycles. The van der Waals surface area contributed by atoms with Crippen molar-refractivity contribution in [3.8, 4) is 0 Å². The van der Waals surface area contributed by atoms with Gasteiger partial charge in [0.15, 0.2) is 0 Å². The van der Waals surface area contributed by atoms with Gasteiger partial charge in [-0.3, -0.25) is 0 Å². The highest BCUT2D eigenvalue weighted by Crippen LogP contribution is 2.31. The van der Waals surface area contributed by atoms with E-state index >= 15 is 0 Å². The van der Waals surface area contributed by atoms with Gasteiger partial charge in [0.1, 0.15) is 0 Å². The summed E-state index contributed by atoms with van der Waals surface area (Å²) in [5.74, 6) is 0. The van der Waals surface area contributed by atoms with Gasteiger partial charge in [-0.15, -0.1) is 11.6 Å². The molecule has 0 heterocycles. The molecule has 0 nitrogen and oxygen atoms in total. The molecular formula is C16H16BrCl. The third-order valence-electron chi connectivity index (χ3n) is 3.30. The van der Waals surface area contributed by atoms with E-state index in [-0.39, 0.29) is 5.38 Å². The van der Waals surface area contributed by atoms with Gasteiger partial charge >= 0.3 is 0 Å². The topological polar surface area (TPSA) is 0 Å². The molecule has 1 unspecified atom stereocenters. The minimum absolute atomic E-state index is 0.0869. The fourth-order valence-electron chi connectivity index (χ4n) is 1.94. The van der Waals surface area contributed by atoms with Crippen molar-refractivity contribution in [2.24, 2.45) is 0 Å². The van der Waals surface area contributed by atoms with Crippen LogP contribution >= 0.6 is 27.5 Å². The quantitative estimate of drug-likeness (QED) is 0.622. The first-order chi connectivity index (χ1) is 8.49. The molecule has 94 valence electrons.